The van der Waals surface area contributed by atoms with Crippen molar-refractivity contribution in [3.8, 4) is 0 Å². The smallest absolute Gasteiger partial charge is 0.264 e. The van der Waals surface area contributed by atoms with Crippen molar-refractivity contribution in [2.45, 2.75) is 25.8 Å². The van der Waals surface area contributed by atoms with E-state index in [4.69, 9.17) is 0 Å². The van der Waals surface area contributed by atoms with Crippen molar-refractivity contribution in [3.63, 3.8) is 0 Å². The third-order valence-electron chi connectivity index (χ3n) is 5.10. The molecule has 0 saturated carbocycles. The first-order chi connectivity index (χ1) is 11.2. The summed E-state index contributed by atoms with van der Waals surface area (Å²) in [4.78, 5) is 19.2. The maximum absolute atomic E-state index is 12.5. The molecule has 0 unspecified atom stereocenters. The van der Waals surface area contributed by atoms with Crippen molar-refractivity contribution in [1.82, 2.24) is 9.80 Å². The number of hydrogen-bond donors (Lipinski definition) is 0. The molecule has 0 bridgehead atoms. The van der Waals surface area contributed by atoms with Crippen LogP contribution in [0, 0.1) is 6.92 Å². The van der Waals surface area contributed by atoms with E-state index in [9.17, 15) is 4.79 Å². The molecule has 0 atom stereocenters. The highest BCUT2D eigenvalue weighted by atomic mass is 32.1. The number of amides is 1. The summed E-state index contributed by atoms with van der Waals surface area (Å²) < 4.78 is 0. The van der Waals surface area contributed by atoms with E-state index >= 15 is 0 Å². The molecule has 3 nitrogen and oxygen atoms in total. The van der Waals surface area contributed by atoms with Gasteiger partial charge in [-0.25, -0.2) is 0 Å². The van der Waals surface area contributed by atoms with Gasteiger partial charge in [-0.3, -0.25) is 9.69 Å². The largest absolute Gasteiger partial charge is 0.335 e. The van der Waals surface area contributed by atoms with Crippen LogP contribution in [-0.4, -0.2) is 47.9 Å². The van der Waals surface area contributed by atoms with Crippen LogP contribution in [0.1, 0.15) is 25.7 Å². The van der Waals surface area contributed by atoms with Crippen LogP contribution in [0.3, 0.4) is 0 Å². The molecule has 2 aromatic rings. The number of piperazine rings is 1. The van der Waals surface area contributed by atoms with Gasteiger partial charge in [0, 0.05) is 37.1 Å². The SMILES string of the molecule is Cc1ccc(C(=O)N2CCN(C3Cc4ccccc4C3)CC2)s1. The first-order valence-corrected chi connectivity index (χ1v) is 9.19. The molecule has 2 aliphatic rings. The second-order valence-corrected chi connectivity index (χ2v) is 7.86. The zero-order chi connectivity index (χ0) is 15.8. The summed E-state index contributed by atoms with van der Waals surface area (Å²) in [5, 5.41) is 0. The van der Waals surface area contributed by atoms with E-state index in [0.29, 0.717) is 6.04 Å². The molecule has 2 heterocycles. The molecular formula is C19H22N2OS. The van der Waals surface area contributed by atoms with E-state index in [0.717, 1.165) is 43.9 Å². The second kappa shape index (κ2) is 6.10. The Hall–Kier alpha value is -1.65. The first-order valence-electron chi connectivity index (χ1n) is 8.37. The predicted octanol–water partition coefficient (Wildman–Crippen LogP) is 2.98. The van der Waals surface area contributed by atoms with Gasteiger partial charge in [-0.1, -0.05) is 24.3 Å². The fourth-order valence-electron chi connectivity index (χ4n) is 3.79. The highest BCUT2D eigenvalue weighted by molar-refractivity contribution is 7.13. The van der Waals surface area contributed by atoms with Gasteiger partial charge in [0.1, 0.15) is 0 Å². The van der Waals surface area contributed by atoms with Gasteiger partial charge in [0.25, 0.3) is 5.91 Å². The lowest BCUT2D eigenvalue weighted by atomic mass is 10.1. The minimum Gasteiger partial charge on any atom is -0.335 e. The number of aryl methyl sites for hydroxylation is 1. The van der Waals surface area contributed by atoms with E-state index < -0.39 is 0 Å². The monoisotopic (exact) mass is 326 g/mol. The van der Waals surface area contributed by atoms with Crippen LogP contribution in [0.15, 0.2) is 36.4 Å². The van der Waals surface area contributed by atoms with Crippen molar-refractivity contribution >= 4 is 17.2 Å². The van der Waals surface area contributed by atoms with Gasteiger partial charge in [0.2, 0.25) is 0 Å². The van der Waals surface area contributed by atoms with Gasteiger partial charge >= 0.3 is 0 Å². The number of rotatable bonds is 2. The maximum atomic E-state index is 12.5. The summed E-state index contributed by atoms with van der Waals surface area (Å²) in [5.74, 6) is 0.206. The first kappa shape index (κ1) is 14.9. The maximum Gasteiger partial charge on any atom is 0.264 e. The van der Waals surface area contributed by atoms with Crippen molar-refractivity contribution in [1.29, 1.82) is 0 Å². The minimum absolute atomic E-state index is 0.206. The lowest BCUT2D eigenvalue weighted by molar-refractivity contribution is 0.0580. The highest BCUT2D eigenvalue weighted by Gasteiger charge is 2.30. The van der Waals surface area contributed by atoms with Crippen molar-refractivity contribution < 1.29 is 4.79 Å². The molecule has 0 N–H and O–H groups in total. The van der Waals surface area contributed by atoms with E-state index in [2.05, 4.69) is 36.1 Å². The van der Waals surface area contributed by atoms with Crippen LogP contribution in [0.25, 0.3) is 0 Å². The number of nitrogens with zero attached hydrogens (tertiary/aromatic N) is 2. The fraction of sp³-hybridized carbons (Fsp3) is 0.421. The Morgan fingerprint density at radius 3 is 2.22 bits per heavy atom. The van der Waals surface area contributed by atoms with E-state index in [1.165, 1.54) is 16.0 Å². The number of carbonyl (C=O) groups excluding carboxylic acids is 1. The van der Waals surface area contributed by atoms with Crippen LogP contribution in [0.4, 0.5) is 0 Å². The molecule has 120 valence electrons. The standard InChI is InChI=1S/C19H22N2OS/c1-14-6-7-18(23-14)19(22)21-10-8-20(9-11-21)17-12-15-4-2-3-5-16(15)13-17/h2-7,17H,8-13H2,1H3. The molecule has 1 saturated heterocycles. The number of thiophene rings is 1. The molecule has 1 aliphatic heterocycles. The number of fused-ring (bicyclic) bond motifs is 1. The Morgan fingerprint density at radius 2 is 1.65 bits per heavy atom. The molecule has 4 rings (SSSR count). The van der Waals surface area contributed by atoms with Gasteiger partial charge in [0.05, 0.1) is 4.88 Å². The topological polar surface area (TPSA) is 23.6 Å². The quantitative estimate of drug-likeness (QED) is 0.847. The summed E-state index contributed by atoms with van der Waals surface area (Å²) >= 11 is 1.60. The molecule has 4 heteroatoms. The van der Waals surface area contributed by atoms with Crippen LogP contribution in [0.5, 0.6) is 0 Å². The summed E-state index contributed by atoms with van der Waals surface area (Å²) in [6.45, 7) is 5.74. The van der Waals surface area contributed by atoms with Gasteiger partial charge in [-0.05, 0) is 43.0 Å². The Kier molecular flexibility index (Phi) is 3.95. The zero-order valence-electron chi connectivity index (χ0n) is 13.5. The van der Waals surface area contributed by atoms with Gasteiger partial charge in [-0.15, -0.1) is 11.3 Å². The normalized spacial score (nSPS) is 19.1. The lowest BCUT2D eigenvalue weighted by Crippen LogP contribution is -2.52. The molecule has 0 spiro atoms. The number of benzene rings is 1. The van der Waals surface area contributed by atoms with Crippen LogP contribution in [0.2, 0.25) is 0 Å². The molecule has 23 heavy (non-hydrogen) atoms. The van der Waals surface area contributed by atoms with Crippen molar-refractivity contribution in [2.75, 3.05) is 26.2 Å². The van der Waals surface area contributed by atoms with Crippen LogP contribution in [-0.2, 0) is 12.8 Å². The third-order valence-corrected chi connectivity index (χ3v) is 6.09. The zero-order valence-corrected chi connectivity index (χ0v) is 14.3. The number of carbonyl (C=O) groups is 1. The highest BCUT2D eigenvalue weighted by Crippen LogP contribution is 2.26. The average Bonchev–Trinajstić information content (AvgIpc) is 3.20. The van der Waals surface area contributed by atoms with E-state index in [-0.39, 0.29) is 5.91 Å². The van der Waals surface area contributed by atoms with Crippen LogP contribution >= 0.6 is 11.3 Å². The number of hydrogen-bond acceptors (Lipinski definition) is 3. The Balaban J connectivity index is 1.36. The molecular weight excluding hydrogens is 304 g/mol. The fourth-order valence-corrected chi connectivity index (χ4v) is 4.62. The van der Waals surface area contributed by atoms with Crippen LogP contribution < -0.4 is 0 Å². The van der Waals surface area contributed by atoms with Gasteiger partial charge < -0.3 is 4.90 Å². The molecule has 1 aliphatic carbocycles. The van der Waals surface area contributed by atoms with Crippen molar-refractivity contribution in [2.24, 2.45) is 0 Å². The summed E-state index contributed by atoms with van der Waals surface area (Å²) in [7, 11) is 0. The average molecular weight is 326 g/mol. The molecule has 1 aromatic heterocycles. The summed E-state index contributed by atoms with van der Waals surface area (Å²) in [6, 6.07) is 13.4. The molecule has 0 radical (unpaired) electrons. The molecule has 1 amide bonds. The van der Waals surface area contributed by atoms with Gasteiger partial charge in [0.15, 0.2) is 0 Å². The Bertz CT molecular complexity index is 691. The van der Waals surface area contributed by atoms with E-state index in [1.807, 2.05) is 17.0 Å². The summed E-state index contributed by atoms with van der Waals surface area (Å²) in [5.41, 5.74) is 3.01. The van der Waals surface area contributed by atoms with Gasteiger partial charge in [-0.2, -0.15) is 0 Å². The molecule has 1 fully saturated rings. The van der Waals surface area contributed by atoms with Crippen molar-refractivity contribution in [3.05, 3.63) is 57.3 Å². The second-order valence-electron chi connectivity index (χ2n) is 6.57. The summed E-state index contributed by atoms with van der Waals surface area (Å²) in [6.07, 6.45) is 2.32. The minimum atomic E-state index is 0.206. The predicted molar refractivity (Wildman–Crippen MR) is 94.2 cm³/mol. The Labute approximate surface area is 141 Å². The Morgan fingerprint density at radius 1 is 1.00 bits per heavy atom. The lowest BCUT2D eigenvalue weighted by Gasteiger charge is -2.37. The third kappa shape index (κ3) is 2.93. The van der Waals surface area contributed by atoms with E-state index in [1.54, 1.807) is 11.3 Å². The molecule has 1 aromatic carbocycles.